The van der Waals surface area contributed by atoms with Crippen LogP contribution in [0.4, 0.5) is 0 Å². The van der Waals surface area contributed by atoms with Crippen LogP contribution in [0.1, 0.15) is 26.0 Å². The maximum atomic E-state index is 12.3. The van der Waals surface area contributed by atoms with E-state index in [9.17, 15) is 8.42 Å². The molecule has 0 aliphatic rings. The molecule has 1 aromatic heterocycles. The van der Waals surface area contributed by atoms with Crippen LogP contribution in [0.5, 0.6) is 0 Å². The van der Waals surface area contributed by atoms with Crippen molar-refractivity contribution in [3.05, 3.63) is 16.5 Å². The highest BCUT2D eigenvalue weighted by atomic mass is 79.9. The maximum absolute atomic E-state index is 12.3. The quantitative estimate of drug-likeness (QED) is 0.695. The number of rotatable bonds is 9. The molecule has 0 saturated carbocycles. The predicted octanol–water partition coefficient (Wildman–Crippen LogP) is 1.85. The van der Waals surface area contributed by atoms with Gasteiger partial charge in [-0.25, -0.2) is 13.1 Å². The van der Waals surface area contributed by atoms with Crippen LogP contribution in [0.2, 0.25) is 0 Å². The molecule has 0 fully saturated rings. The number of halogens is 1. The minimum atomic E-state index is -3.63. The molecule has 0 aliphatic carbocycles. The van der Waals surface area contributed by atoms with Crippen LogP contribution in [0.25, 0.3) is 0 Å². The van der Waals surface area contributed by atoms with Crippen LogP contribution in [0.15, 0.2) is 20.0 Å². The Morgan fingerprint density at radius 3 is 2.70 bits per heavy atom. The normalized spacial score (nSPS) is 13.6. The summed E-state index contributed by atoms with van der Waals surface area (Å²) in [6.07, 6.45) is 0.646. The average Bonchev–Trinajstić information content (AvgIpc) is 2.77. The monoisotopic (exact) mass is 368 g/mol. The van der Waals surface area contributed by atoms with Crippen molar-refractivity contribution in [3.8, 4) is 0 Å². The molecule has 0 radical (unpaired) electrons. The van der Waals surface area contributed by atoms with E-state index in [2.05, 4.69) is 26.0 Å². The average molecular weight is 369 g/mol. The van der Waals surface area contributed by atoms with Crippen molar-refractivity contribution in [3.63, 3.8) is 0 Å². The lowest BCUT2D eigenvalue weighted by molar-refractivity contribution is 0.173. The minimum absolute atomic E-state index is 0.111. The topological polar surface area (TPSA) is 80.6 Å². The van der Waals surface area contributed by atoms with Crippen LogP contribution < -0.4 is 10.0 Å². The Hall–Kier alpha value is -0.410. The first-order valence-corrected chi connectivity index (χ1v) is 8.72. The number of sulfonamides is 1. The fraction of sp³-hybridized carbons (Fsp3) is 0.667. The summed E-state index contributed by atoms with van der Waals surface area (Å²) in [5.74, 6) is 0.568. The first-order valence-electron chi connectivity index (χ1n) is 6.44. The molecule has 0 aromatic carbocycles. The van der Waals surface area contributed by atoms with Gasteiger partial charge >= 0.3 is 0 Å². The lowest BCUT2D eigenvalue weighted by Gasteiger charge is -2.15. The lowest BCUT2D eigenvalue weighted by atomic mass is 10.3. The zero-order valence-electron chi connectivity index (χ0n) is 11.9. The predicted molar refractivity (Wildman–Crippen MR) is 80.1 cm³/mol. The summed E-state index contributed by atoms with van der Waals surface area (Å²) < 4.78 is 37.8. The van der Waals surface area contributed by atoms with Crippen molar-refractivity contribution in [1.82, 2.24) is 10.0 Å². The van der Waals surface area contributed by atoms with Crippen LogP contribution in [0, 0.1) is 0 Å². The molecule has 1 atom stereocenters. The van der Waals surface area contributed by atoms with Gasteiger partial charge in [-0.3, -0.25) is 0 Å². The van der Waals surface area contributed by atoms with Crippen molar-refractivity contribution in [2.45, 2.75) is 37.8 Å². The molecule has 116 valence electrons. The zero-order chi connectivity index (χ0) is 15.2. The number of hydrogen-bond donors (Lipinski definition) is 2. The van der Waals surface area contributed by atoms with Gasteiger partial charge in [0.1, 0.15) is 10.7 Å². The van der Waals surface area contributed by atoms with E-state index in [4.69, 9.17) is 9.15 Å². The summed E-state index contributed by atoms with van der Waals surface area (Å²) in [5.41, 5.74) is 0. The first-order chi connectivity index (χ1) is 9.44. The number of furan rings is 1. The summed E-state index contributed by atoms with van der Waals surface area (Å²) in [4.78, 5) is 0.111. The number of nitrogens with one attached hydrogen (secondary N) is 2. The van der Waals surface area contributed by atoms with Gasteiger partial charge in [-0.05, 0) is 28.9 Å². The molecule has 8 heteroatoms. The number of hydrogen-bond acceptors (Lipinski definition) is 5. The number of ether oxygens (including phenoxy) is 1. The SMILES string of the molecule is CCNCc1cc(S(=O)(=O)NC(CC)COC)c(Br)o1. The van der Waals surface area contributed by atoms with Crippen molar-refractivity contribution >= 4 is 26.0 Å². The van der Waals surface area contributed by atoms with E-state index in [1.54, 1.807) is 7.11 Å². The van der Waals surface area contributed by atoms with E-state index in [1.165, 1.54) is 6.07 Å². The summed E-state index contributed by atoms with van der Waals surface area (Å²) in [5, 5.41) is 3.08. The van der Waals surface area contributed by atoms with Crippen molar-refractivity contribution in [2.24, 2.45) is 0 Å². The molecular formula is C12H21BrN2O4S. The van der Waals surface area contributed by atoms with Crippen LogP contribution >= 0.6 is 15.9 Å². The third-order valence-corrected chi connectivity index (χ3v) is 5.11. The Kier molecular flexibility index (Phi) is 7.18. The Bertz CT molecular complexity index is 516. The van der Waals surface area contributed by atoms with E-state index < -0.39 is 10.0 Å². The summed E-state index contributed by atoms with van der Waals surface area (Å²) >= 11 is 3.15. The van der Waals surface area contributed by atoms with E-state index in [0.29, 0.717) is 25.3 Å². The third-order valence-electron chi connectivity index (χ3n) is 2.73. The van der Waals surface area contributed by atoms with Gasteiger partial charge in [-0.1, -0.05) is 13.8 Å². The van der Waals surface area contributed by atoms with Crippen LogP contribution in [-0.4, -0.2) is 34.7 Å². The fourth-order valence-electron chi connectivity index (χ4n) is 1.64. The molecule has 20 heavy (non-hydrogen) atoms. The molecule has 1 rings (SSSR count). The molecule has 1 heterocycles. The smallest absolute Gasteiger partial charge is 0.245 e. The van der Waals surface area contributed by atoms with E-state index in [-0.39, 0.29) is 15.6 Å². The van der Waals surface area contributed by atoms with Crippen LogP contribution in [-0.2, 0) is 21.3 Å². The highest BCUT2D eigenvalue weighted by Crippen LogP contribution is 2.26. The molecular weight excluding hydrogens is 348 g/mol. The Labute approximate surface area is 128 Å². The second kappa shape index (κ2) is 8.14. The van der Waals surface area contributed by atoms with Gasteiger partial charge < -0.3 is 14.5 Å². The third kappa shape index (κ3) is 4.85. The van der Waals surface area contributed by atoms with Gasteiger partial charge in [0, 0.05) is 19.2 Å². The zero-order valence-corrected chi connectivity index (χ0v) is 14.3. The minimum Gasteiger partial charge on any atom is -0.452 e. The van der Waals surface area contributed by atoms with Crippen molar-refractivity contribution < 1.29 is 17.6 Å². The highest BCUT2D eigenvalue weighted by Gasteiger charge is 2.25. The molecule has 0 saturated heterocycles. The Morgan fingerprint density at radius 2 is 2.15 bits per heavy atom. The highest BCUT2D eigenvalue weighted by molar-refractivity contribution is 9.10. The molecule has 1 aromatic rings. The van der Waals surface area contributed by atoms with Gasteiger partial charge in [0.2, 0.25) is 10.0 Å². The summed E-state index contributed by atoms with van der Waals surface area (Å²) in [6, 6.07) is 1.26. The summed E-state index contributed by atoms with van der Waals surface area (Å²) in [7, 11) is -2.09. The molecule has 0 amide bonds. The molecule has 6 nitrogen and oxygen atoms in total. The maximum Gasteiger partial charge on any atom is 0.245 e. The van der Waals surface area contributed by atoms with Crippen LogP contribution in [0.3, 0.4) is 0 Å². The van der Waals surface area contributed by atoms with E-state index in [0.717, 1.165) is 6.54 Å². The van der Waals surface area contributed by atoms with Crippen molar-refractivity contribution in [1.29, 1.82) is 0 Å². The fourth-order valence-corrected chi connectivity index (χ4v) is 3.94. The van der Waals surface area contributed by atoms with Gasteiger partial charge in [-0.2, -0.15) is 0 Å². The van der Waals surface area contributed by atoms with Crippen molar-refractivity contribution in [2.75, 3.05) is 20.3 Å². The van der Waals surface area contributed by atoms with Gasteiger partial charge in [-0.15, -0.1) is 0 Å². The standard InChI is InChI=1S/C12H21BrN2O4S/c1-4-9(8-18-3)15-20(16,17)11-6-10(7-14-5-2)19-12(11)13/h6,9,14-15H,4-5,7-8H2,1-3H3. The number of methoxy groups -OCH3 is 1. The molecule has 0 spiro atoms. The van der Waals surface area contributed by atoms with E-state index in [1.807, 2.05) is 13.8 Å². The van der Waals surface area contributed by atoms with Gasteiger partial charge in [0.05, 0.1) is 13.2 Å². The molecule has 0 bridgehead atoms. The second-order valence-electron chi connectivity index (χ2n) is 4.31. The van der Waals surface area contributed by atoms with Gasteiger partial charge in [0.25, 0.3) is 0 Å². The molecule has 2 N–H and O–H groups in total. The largest absolute Gasteiger partial charge is 0.452 e. The summed E-state index contributed by atoms with van der Waals surface area (Å²) in [6.45, 7) is 5.46. The molecule has 1 unspecified atom stereocenters. The Morgan fingerprint density at radius 1 is 1.45 bits per heavy atom. The molecule has 0 aliphatic heterocycles. The second-order valence-corrected chi connectivity index (χ2v) is 6.72. The Balaban J connectivity index is 2.88. The first kappa shape index (κ1) is 17.6. The lowest BCUT2D eigenvalue weighted by Crippen LogP contribution is -2.37. The van der Waals surface area contributed by atoms with Gasteiger partial charge in [0.15, 0.2) is 4.67 Å². The van der Waals surface area contributed by atoms with E-state index >= 15 is 0 Å².